The summed E-state index contributed by atoms with van der Waals surface area (Å²) in [6, 6.07) is 23.1. The van der Waals surface area contributed by atoms with Gasteiger partial charge in [0.25, 0.3) is 0 Å². The number of amides is 3. The van der Waals surface area contributed by atoms with E-state index in [4.69, 9.17) is 14.5 Å². The number of imidazole rings is 2. The Labute approximate surface area is 339 Å². The van der Waals surface area contributed by atoms with Gasteiger partial charge in [-0.25, -0.2) is 14.8 Å². The highest BCUT2D eigenvalue weighted by Crippen LogP contribution is 2.42. The molecule has 2 aromatic heterocycles. The number of nitrogens with one attached hydrogen (secondary N) is 3. The fourth-order valence-electron chi connectivity index (χ4n) is 7.61. The first-order chi connectivity index (χ1) is 28.1. The minimum absolute atomic E-state index is 0.122. The summed E-state index contributed by atoms with van der Waals surface area (Å²) in [6.45, 7) is 12.0. The van der Waals surface area contributed by atoms with Crippen molar-refractivity contribution in [3.63, 3.8) is 0 Å². The van der Waals surface area contributed by atoms with Gasteiger partial charge in [-0.15, -0.1) is 0 Å². The number of benzene rings is 4. The quantitative estimate of drug-likeness (QED) is 0.0942. The number of aromatic nitrogens is 4. The lowest BCUT2D eigenvalue weighted by Crippen LogP contribution is -2.43. The molecular formula is C46H53N7O5. The largest absolute Gasteiger partial charge is 0.488 e. The van der Waals surface area contributed by atoms with Crippen LogP contribution >= 0.6 is 0 Å². The molecule has 3 amide bonds. The number of rotatable bonds is 15. The van der Waals surface area contributed by atoms with Crippen molar-refractivity contribution >= 4 is 39.7 Å². The summed E-state index contributed by atoms with van der Waals surface area (Å²) in [6.07, 6.45) is 4.28. The minimum atomic E-state index is -0.911. The van der Waals surface area contributed by atoms with Crippen LogP contribution in [0.1, 0.15) is 89.1 Å². The van der Waals surface area contributed by atoms with Crippen LogP contribution < -0.4 is 10.1 Å². The van der Waals surface area contributed by atoms with Crippen LogP contribution in [0.2, 0.25) is 0 Å². The summed E-state index contributed by atoms with van der Waals surface area (Å²) in [4.78, 5) is 59.7. The normalized spacial score (nSPS) is 13.6. The average molecular weight is 784 g/mol. The number of aromatic amines is 2. The molecule has 12 nitrogen and oxygen atoms in total. The summed E-state index contributed by atoms with van der Waals surface area (Å²) in [5.74, 6) is 2.44. The molecule has 1 aliphatic heterocycles. The number of hydrogen-bond donors (Lipinski definition) is 3. The van der Waals surface area contributed by atoms with Crippen molar-refractivity contribution in [2.24, 2.45) is 5.92 Å². The predicted molar refractivity (Wildman–Crippen MR) is 226 cm³/mol. The Bertz CT molecular complexity index is 2420. The highest BCUT2D eigenvalue weighted by atomic mass is 16.5. The van der Waals surface area contributed by atoms with Crippen LogP contribution in [0.15, 0.2) is 79.0 Å². The van der Waals surface area contributed by atoms with E-state index in [9.17, 15) is 14.4 Å². The molecule has 6 aromatic rings. The van der Waals surface area contributed by atoms with Crippen LogP contribution in [0, 0.1) is 5.92 Å². The van der Waals surface area contributed by atoms with E-state index in [1.807, 2.05) is 54.4 Å². The van der Waals surface area contributed by atoms with Crippen molar-refractivity contribution < 1.29 is 23.9 Å². The maximum absolute atomic E-state index is 14.0. The van der Waals surface area contributed by atoms with Gasteiger partial charge in [0.05, 0.1) is 43.1 Å². The first-order valence-corrected chi connectivity index (χ1v) is 20.3. The molecule has 3 heterocycles. The standard InChI is InChI=1S/C46H53N7O5/c1-7-19-52(45(55)43(51-46(56)57-6)30-13-11-10-12-14-30)25-41-48-37-18-16-31-22-36-34-17-15-32(21-33(34)27-58-39(36)23-35(31)44(37)50-41)38-24-47-40(49-38)26-53(29(5)9-3)42(54)20-28(4)8-2/h10-18,21-24,28-29,43H,7-9,19-20,25-27H2,1-6H3,(H,47,49)(H,48,50)(H,51,56)/t28?,29-,43?/m0/s1. The van der Waals surface area contributed by atoms with E-state index in [0.29, 0.717) is 43.4 Å². The molecule has 58 heavy (non-hydrogen) atoms. The minimum Gasteiger partial charge on any atom is -0.488 e. The molecule has 0 spiro atoms. The topological polar surface area (TPSA) is 146 Å². The second kappa shape index (κ2) is 17.5. The molecule has 0 saturated carbocycles. The number of ether oxygens (including phenoxy) is 2. The Morgan fingerprint density at radius 2 is 1.72 bits per heavy atom. The van der Waals surface area contributed by atoms with Crippen molar-refractivity contribution in [2.45, 2.75) is 92.1 Å². The number of H-pyrrole nitrogens is 2. The van der Waals surface area contributed by atoms with E-state index in [1.54, 1.807) is 4.90 Å². The second-order valence-electron chi connectivity index (χ2n) is 15.4. The summed E-state index contributed by atoms with van der Waals surface area (Å²) >= 11 is 0. The number of carbonyl (C=O) groups excluding carboxylic acids is 3. The smallest absolute Gasteiger partial charge is 0.407 e. The Hall–Kier alpha value is -6.17. The number of carbonyl (C=O) groups is 3. The van der Waals surface area contributed by atoms with Gasteiger partial charge in [-0.3, -0.25) is 9.59 Å². The molecule has 1 aliphatic rings. The van der Waals surface area contributed by atoms with Crippen LogP contribution in [-0.4, -0.2) is 67.3 Å². The zero-order chi connectivity index (χ0) is 40.9. The zero-order valence-corrected chi connectivity index (χ0v) is 34.2. The molecule has 7 rings (SSSR count). The number of hydrogen-bond acceptors (Lipinski definition) is 7. The van der Waals surface area contributed by atoms with Crippen LogP contribution in [0.3, 0.4) is 0 Å². The molecule has 4 aromatic carbocycles. The predicted octanol–water partition coefficient (Wildman–Crippen LogP) is 9.06. The van der Waals surface area contributed by atoms with E-state index >= 15 is 0 Å². The molecule has 302 valence electrons. The third-order valence-corrected chi connectivity index (χ3v) is 11.3. The van der Waals surface area contributed by atoms with Crippen molar-refractivity contribution in [3.8, 4) is 28.1 Å². The van der Waals surface area contributed by atoms with Gasteiger partial charge in [-0.1, -0.05) is 82.6 Å². The molecule has 3 N–H and O–H groups in total. The lowest BCUT2D eigenvalue weighted by atomic mass is 9.92. The van der Waals surface area contributed by atoms with E-state index in [0.717, 1.165) is 80.6 Å². The highest BCUT2D eigenvalue weighted by molar-refractivity contribution is 6.07. The lowest BCUT2D eigenvalue weighted by Gasteiger charge is -2.29. The molecule has 0 fully saturated rings. The Morgan fingerprint density at radius 3 is 2.47 bits per heavy atom. The van der Waals surface area contributed by atoms with Gasteiger partial charge in [0.2, 0.25) is 11.8 Å². The van der Waals surface area contributed by atoms with Crippen molar-refractivity contribution in [1.82, 2.24) is 35.1 Å². The Balaban J connectivity index is 1.12. The number of alkyl carbamates (subject to hydrolysis) is 1. The Morgan fingerprint density at radius 1 is 0.914 bits per heavy atom. The van der Waals surface area contributed by atoms with Gasteiger partial charge in [0, 0.05) is 30.0 Å². The van der Waals surface area contributed by atoms with Crippen LogP contribution in [0.4, 0.5) is 4.79 Å². The third-order valence-electron chi connectivity index (χ3n) is 11.3. The van der Waals surface area contributed by atoms with Gasteiger partial charge in [0.15, 0.2) is 0 Å². The van der Waals surface area contributed by atoms with Crippen molar-refractivity contribution in [1.29, 1.82) is 0 Å². The van der Waals surface area contributed by atoms with Crippen LogP contribution in [0.5, 0.6) is 5.75 Å². The maximum atomic E-state index is 14.0. The van der Waals surface area contributed by atoms with Crippen LogP contribution in [0.25, 0.3) is 44.2 Å². The van der Waals surface area contributed by atoms with Crippen molar-refractivity contribution in [3.05, 3.63) is 102 Å². The molecule has 0 saturated heterocycles. The van der Waals surface area contributed by atoms with E-state index in [2.05, 4.69) is 84.4 Å². The van der Waals surface area contributed by atoms with Gasteiger partial charge >= 0.3 is 6.09 Å². The van der Waals surface area contributed by atoms with E-state index in [1.165, 1.54) is 7.11 Å². The molecule has 0 aliphatic carbocycles. The average Bonchev–Trinajstić information content (AvgIpc) is 3.90. The fourth-order valence-corrected chi connectivity index (χ4v) is 7.61. The first kappa shape index (κ1) is 40.0. The summed E-state index contributed by atoms with van der Waals surface area (Å²) in [5, 5.41) is 4.68. The number of methoxy groups -OCH3 is 1. The summed E-state index contributed by atoms with van der Waals surface area (Å²) in [7, 11) is 1.28. The molecule has 0 bridgehead atoms. The lowest BCUT2D eigenvalue weighted by molar-refractivity contribution is -0.135. The molecule has 3 atom stereocenters. The first-order valence-electron chi connectivity index (χ1n) is 20.3. The number of nitrogens with zero attached hydrogens (tertiary/aromatic N) is 4. The van der Waals surface area contributed by atoms with Crippen LogP contribution in [-0.2, 0) is 34.0 Å². The monoisotopic (exact) mass is 783 g/mol. The number of fused-ring (bicyclic) bond motifs is 6. The SMILES string of the molecule is CCCN(Cc1nc2c(ccc3cc4c(cc32)OCc2cc(-c3cnc(CN(C(=O)CC(C)CC)[C@@H](C)CC)[nH]3)ccc2-4)[nH]1)C(=O)C(NC(=O)OC)c1ccccc1. The zero-order valence-electron chi connectivity index (χ0n) is 34.2. The van der Waals surface area contributed by atoms with E-state index in [-0.39, 0.29) is 24.4 Å². The van der Waals surface area contributed by atoms with Gasteiger partial charge in [-0.2, -0.15) is 0 Å². The van der Waals surface area contributed by atoms with Gasteiger partial charge < -0.3 is 34.6 Å². The second-order valence-corrected chi connectivity index (χ2v) is 15.4. The van der Waals surface area contributed by atoms with Gasteiger partial charge in [0.1, 0.15) is 30.0 Å². The fraction of sp³-hybridized carbons (Fsp3) is 0.370. The third kappa shape index (κ3) is 8.41. The highest BCUT2D eigenvalue weighted by Gasteiger charge is 2.29. The summed E-state index contributed by atoms with van der Waals surface area (Å²) in [5.41, 5.74) is 7.40. The molecule has 2 unspecified atom stereocenters. The van der Waals surface area contributed by atoms with E-state index < -0.39 is 12.1 Å². The molecule has 12 heteroatoms. The summed E-state index contributed by atoms with van der Waals surface area (Å²) < 4.78 is 11.2. The van der Waals surface area contributed by atoms with Gasteiger partial charge in [-0.05, 0) is 77.6 Å². The van der Waals surface area contributed by atoms with Crippen molar-refractivity contribution in [2.75, 3.05) is 13.7 Å². The maximum Gasteiger partial charge on any atom is 0.407 e. The molecular weight excluding hydrogens is 731 g/mol. The molecule has 0 radical (unpaired) electrons. The Kier molecular flexibility index (Phi) is 12.1.